The zero-order valence-corrected chi connectivity index (χ0v) is 12.0. The Morgan fingerprint density at radius 3 is 2.41 bits per heavy atom. The molecule has 2 aromatic carbocycles. The first-order valence-corrected chi connectivity index (χ1v) is 6.55. The van der Waals surface area contributed by atoms with Crippen LogP contribution in [-0.4, -0.2) is 10.8 Å². The molecular weight excluding hydrogens is 282 g/mol. The van der Waals surface area contributed by atoms with Crippen molar-refractivity contribution in [3.8, 4) is 0 Å². The molecule has 0 aliphatic carbocycles. The van der Waals surface area contributed by atoms with E-state index in [0.29, 0.717) is 22.4 Å². The van der Waals surface area contributed by atoms with Gasteiger partial charge in [-0.2, -0.15) is 0 Å². The molecule has 0 bridgehead atoms. The van der Waals surface area contributed by atoms with Crippen LogP contribution >= 0.6 is 0 Å². The summed E-state index contributed by atoms with van der Waals surface area (Å²) in [5.41, 5.74) is 7.14. The summed E-state index contributed by atoms with van der Waals surface area (Å²) in [6.07, 6.45) is 0. The summed E-state index contributed by atoms with van der Waals surface area (Å²) < 4.78 is 0. The predicted molar refractivity (Wildman–Crippen MR) is 83.9 cm³/mol. The summed E-state index contributed by atoms with van der Waals surface area (Å²) in [6, 6.07) is 13.4. The number of hydrogen-bond donors (Lipinski definition) is 2. The molecule has 0 aliphatic heterocycles. The van der Waals surface area contributed by atoms with Gasteiger partial charge in [0.25, 0.3) is 11.6 Å². The maximum absolute atomic E-state index is 11.9. The lowest BCUT2D eigenvalue weighted by Gasteiger charge is -2.11. The van der Waals surface area contributed by atoms with Crippen molar-refractivity contribution in [1.82, 2.24) is 10.9 Å². The number of amides is 1. The highest BCUT2D eigenvalue weighted by atomic mass is 16.6. The fourth-order valence-electron chi connectivity index (χ4n) is 1.86. The number of nitrogens with one attached hydrogen (secondary N) is 2. The van der Waals surface area contributed by atoms with Crippen molar-refractivity contribution in [3.05, 3.63) is 81.9 Å². The molecule has 0 atom stereocenters. The smallest absolute Gasteiger partial charge is 0.272 e. The Bertz CT molecular complexity index is 727. The van der Waals surface area contributed by atoms with Gasteiger partial charge < -0.3 is 0 Å². The lowest BCUT2D eigenvalue weighted by atomic mass is 10.1. The number of nitro benzene ring substituents is 1. The Hall–Kier alpha value is -3.15. The van der Waals surface area contributed by atoms with Gasteiger partial charge >= 0.3 is 0 Å². The molecule has 0 fully saturated rings. The molecule has 0 unspecified atom stereocenters. The Kier molecular flexibility index (Phi) is 4.53. The topological polar surface area (TPSA) is 84.3 Å². The quantitative estimate of drug-likeness (QED) is 0.656. The van der Waals surface area contributed by atoms with Gasteiger partial charge in [0.2, 0.25) is 0 Å². The summed E-state index contributed by atoms with van der Waals surface area (Å²) in [5.74, 6) is -0.316. The van der Waals surface area contributed by atoms with E-state index < -0.39 is 4.92 Å². The third-order valence-corrected chi connectivity index (χ3v) is 3.12. The molecule has 0 saturated carbocycles. The van der Waals surface area contributed by atoms with Gasteiger partial charge in [-0.1, -0.05) is 36.9 Å². The van der Waals surface area contributed by atoms with E-state index in [-0.39, 0.29) is 11.6 Å². The predicted octanol–water partition coefficient (Wildman–Crippen LogP) is 2.81. The first-order valence-electron chi connectivity index (χ1n) is 6.55. The molecule has 0 heterocycles. The Morgan fingerprint density at radius 2 is 1.77 bits per heavy atom. The Labute approximate surface area is 127 Å². The lowest BCUT2D eigenvalue weighted by molar-refractivity contribution is -0.385. The molecule has 2 N–H and O–H groups in total. The van der Waals surface area contributed by atoms with E-state index in [4.69, 9.17) is 0 Å². The standard InChI is InChI=1S/C16H15N3O3/c1-11-8-9-14(10-15(11)19(21)22)12(2)17-18-16(20)13-6-4-3-5-7-13/h3-10,17H,2H2,1H3,(H,18,20). The highest BCUT2D eigenvalue weighted by Gasteiger charge is 2.12. The second-order valence-corrected chi connectivity index (χ2v) is 4.68. The fraction of sp³-hybridized carbons (Fsp3) is 0.0625. The van der Waals surface area contributed by atoms with Gasteiger partial charge in [0.1, 0.15) is 0 Å². The van der Waals surface area contributed by atoms with E-state index in [1.807, 2.05) is 6.07 Å². The number of nitro groups is 1. The van der Waals surface area contributed by atoms with Crippen molar-refractivity contribution < 1.29 is 9.72 Å². The second-order valence-electron chi connectivity index (χ2n) is 4.68. The summed E-state index contributed by atoms with van der Waals surface area (Å²) in [6.45, 7) is 5.43. The maximum Gasteiger partial charge on any atom is 0.272 e. The maximum atomic E-state index is 11.9. The van der Waals surface area contributed by atoms with E-state index in [1.54, 1.807) is 43.3 Å². The van der Waals surface area contributed by atoms with Crippen LogP contribution in [0.25, 0.3) is 5.70 Å². The van der Waals surface area contributed by atoms with Crippen LogP contribution in [0, 0.1) is 17.0 Å². The van der Waals surface area contributed by atoms with Crippen LogP contribution < -0.4 is 10.9 Å². The number of hydrogen-bond acceptors (Lipinski definition) is 4. The summed E-state index contributed by atoms with van der Waals surface area (Å²) in [5, 5.41) is 10.9. The normalized spacial score (nSPS) is 9.86. The molecule has 0 saturated heterocycles. The number of aryl methyl sites for hydroxylation is 1. The average molecular weight is 297 g/mol. The highest BCUT2D eigenvalue weighted by Crippen LogP contribution is 2.21. The molecule has 2 rings (SSSR count). The molecular formula is C16H15N3O3. The highest BCUT2D eigenvalue weighted by molar-refractivity contribution is 5.94. The lowest BCUT2D eigenvalue weighted by Crippen LogP contribution is -2.35. The van der Waals surface area contributed by atoms with Crippen LogP contribution in [0.5, 0.6) is 0 Å². The molecule has 1 amide bonds. The molecule has 6 heteroatoms. The van der Waals surface area contributed by atoms with E-state index in [9.17, 15) is 14.9 Å². The van der Waals surface area contributed by atoms with Gasteiger partial charge in [-0.25, -0.2) is 0 Å². The van der Waals surface area contributed by atoms with Crippen molar-refractivity contribution in [2.75, 3.05) is 0 Å². The van der Waals surface area contributed by atoms with Crippen LogP contribution in [0.3, 0.4) is 0 Å². The van der Waals surface area contributed by atoms with Gasteiger partial charge in [0, 0.05) is 22.8 Å². The zero-order valence-electron chi connectivity index (χ0n) is 12.0. The molecule has 0 aromatic heterocycles. The van der Waals surface area contributed by atoms with Crippen LogP contribution in [0.2, 0.25) is 0 Å². The Balaban J connectivity index is 2.05. The number of nitrogens with zero attached hydrogens (tertiary/aromatic N) is 1. The van der Waals surface area contributed by atoms with Gasteiger partial charge in [-0.15, -0.1) is 0 Å². The summed E-state index contributed by atoms with van der Waals surface area (Å²) in [7, 11) is 0. The third-order valence-electron chi connectivity index (χ3n) is 3.12. The van der Waals surface area contributed by atoms with E-state index >= 15 is 0 Å². The molecule has 22 heavy (non-hydrogen) atoms. The minimum Gasteiger partial charge on any atom is -0.298 e. The van der Waals surface area contributed by atoms with Gasteiger partial charge in [0.05, 0.1) is 10.6 Å². The monoisotopic (exact) mass is 297 g/mol. The van der Waals surface area contributed by atoms with Crippen molar-refractivity contribution in [3.63, 3.8) is 0 Å². The number of hydrazine groups is 1. The summed E-state index contributed by atoms with van der Waals surface area (Å²) >= 11 is 0. The largest absolute Gasteiger partial charge is 0.298 e. The molecule has 0 aliphatic rings. The first-order chi connectivity index (χ1) is 10.5. The van der Waals surface area contributed by atoms with Crippen molar-refractivity contribution in [1.29, 1.82) is 0 Å². The molecule has 2 aromatic rings. The third kappa shape index (κ3) is 3.49. The fourth-order valence-corrected chi connectivity index (χ4v) is 1.86. The molecule has 6 nitrogen and oxygen atoms in total. The Morgan fingerprint density at radius 1 is 1.09 bits per heavy atom. The molecule has 0 radical (unpaired) electrons. The average Bonchev–Trinajstić information content (AvgIpc) is 2.53. The van der Waals surface area contributed by atoms with Gasteiger partial charge in [-0.3, -0.25) is 25.8 Å². The zero-order chi connectivity index (χ0) is 16.1. The van der Waals surface area contributed by atoms with Crippen LogP contribution in [0.1, 0.15) is 21.5 Å². The molecule has 0 spiro atoms. The molecule has 112 valence electrons. The van der Waals surface area contributed by atoms with Gasteiger partial charge in [0.15, 0.2) is 0 Å². The van der Waals surface area contributed by atoms with Gasteiger partial charge in [-0.05, 0) is 19.1 Å². The minimum absolute atomic E-state index is 0.00911. The van der Waals surface area contributed by atoms with E-state index in [2.05, 4.69) is 17.4 Å². The van der Waals surface area contributed by atoms with Crippen LogP contribution in [0.15, 0.2) is 55.1 Å². The number of carbonyl (C=O) groups is 1. The number of benzene rings is 2. The number of carbonyl (C=O) groups excluding carboxylic acids is 1. The first kappa shape index (κ1) is 15.2. The van der Waals surface area contributed by atoms with Crippen LogP contribution in [-0.2, 0) is 0 Å². The van der Waals surface area contributed by atoms with Crippen LogP contribution in [0.4, 0.5) is 5.69 Å². The van der Waals surface area contributed by atoms with E-state index in [0.717, 1.165) is 0 Å². The minimum atomic E-state index is -0.450. The van der Waals surface area contributed by atoms with Crippen molar-refractivity contribution in [2.45, 2.75) is 6.92 Å². The summed E-state index contributed by atoms with van der Waals surface area (Å²) in [4.78, 5) is 22.4. The number of rotatable bonds is 5. The van der Waals surface area contributed by atoms with Crippen molar-refractivity contribution in [2.24, 2.45) is 0 Å². The van der Waals surface area contributed by atoms with E-state index in [1.165, 1.54) is 6.07 Å². The SMILES string of the molecule is C=C(NNC(=O)c1ccccc1)c1ccc(C)c([N+](=O)[O-])c1. The van der Waals surface area contributed by atoms with Crippen molar-refractivity contribution >= 4 is 17.3 Å². The second kappa shape index (κ2) is 6.53.